The van der Waals surface area contributed by atoms with Gasteiger partial charge in [0.2, 0.25) is 5.91 Å². The summed E-state index contributed by atoms with van der Waals surface area (Å²) in [6, 6.07) is 6.93. The fourth-order valence-corrected chi connectivity index (χ4v) is 3.25. The molecule has 0 unspecified atom stereocenters. The lowest BCUT2D eigenvalue weighted by Gasteiger charge is -2.15. The Morgan fingerprint density at radius 2 is 1.83 bits per heavy atom. The van der Waals surface area contributed by atoms with E-state index in [2.05, 4.69) is 5.32 Å². The maximum absolute atomic E-state index is 12.0. The molecule has 3 rings (SSSR count). The summed E-state index contributed by atoms with van der Waals surface area (Å²) < 4.78 is 5.06. The molecule has 1 saturated heterocycles. The number of anilines is 1. The largest absolute Gasteiger partial charge is 0.452 e. The molecule has 128 valence electrons. The number of rotatable bonds is 5. The fraction of sp³-hybridized carbons (Fsp3) is 0.500. The number of carbonyl (C=O) groups excluding carboxylic acids is 3. The van der Waals surface area contributed by atoms with E-state index in [0.29, 0.717) is 18.5 Å². The predicted octanol–water partition coefficient (Wildman–Crippen LogP) is 2.03. The van der Waals surface area contributed by atoms with E-state index in [1.807, 2.05) is 0 Å². The topological polar surface area (TPSA) is 75.7 Å². The van der Waals surface area contributed by atoms with E-state index in [9.17, 15) is 14.4 Å². The van der Waals surface area contributed by atoms with Crippen molar-refractivity contribution in [3.8, 4) is 0 Å². The quantitative estimate of drug-likeness (QED) is 0.838. The van der Waals surface area contributed by atoms with Crippen LogP contribution in [0, 0.1) is 0 Å². The van der Waals surface area contributed by atoms with Crippen LogP contribution in [0.3, 0.4) is 0 Å². The monoisotopic (exact) mass is 330 g/mol. The molecule has 1 aromatic rings. The molecule has 6 nitrogen and oxygen atoms in total. The second-order valence-corrected chi connectivity index (χ2v) is 6.32. The predicted molar refractivity (Wildman–Crippen MR) is 88.7 cm³/mol. The van der Waals surface area contributed by atoms with Crippen molar-refractivity contribution in [1.29, 1.82) is 0 Å². The van der Waals surface area contributed by atoms with Gasteiger partial charge in [-0.2, -0.15) is 0 Å². The third kappa shape index (κ3) is 3.93. The zero-order chi connectivity index (χ0) is 16.9. The van der Waals surface area contributed by atoms with Gasteiger partial charge in [0.05, 0.1) is 5.56 Å². The highest BCUT2D eigenvalue weighted by molar-refractivity contribution is 5.96. The number of hydrogen-bond acceptors (Lipinski definition) is 4. The van der Waals surface area contributed by atoms with Crippen LogP contribution in [0.2, 0.25) is 0 Å². The van der Waals surface area contributed by atoms with E-state index >= 15 is 0 Å². The standard InChI is InChI=1S/C18H22N2O4/c21-16(19-14-4-1-2-5-14)12-24-18(23)13-7-9-15(10-8-13)20-11-3-6-17(20)22/h7-10,14H,1-6,11-12H2,(H,19,21). The Hall–Kier alpha value is -2.37. The molecule has 0 radical (unpaired) electrons. The first kappa shape index (κ1) is 16.5. The highest BCUT2D eigenvalue weighted by atomic mass is 16.5. The lowest BCUT2D eigenvalue weighted by molar-refractivity contribution is -0.125. The molecule has 1 saturated carbocycles. The number of carbonyl (C=O) groups is 3. The summed E-state index contributed by atoms with van der Waals surface area (Å²) in [5.41, 5.74) is 1.16. The molecule has 2 amide bonds. The van der Waals surface area contributed by atoms with Gasteiger partial charge in [0.1, 0.15) is 0 Å². The van der Waals surface area contributed by atoms with Crippen molar-refractivity contribution in [3.63, 3.8) is 0 Å². The van der Waals surface area contributed by atoms with Gasteiger partial charge in [0.25, 0.3) is 5.91 Å². The van der Waals surface area contributed by atoms with E-state index in [0.717, 1.165) is 37.8 Å². The Kier molecular flexibility index (Phi) is 5.13. The Bertz CT molecular complexity index is 620. The van der Waals surface area contributed by atoms with Crippen LogP contribution in [-0.4, -0.2) is 37.0 Å². The number of nitrogens with one attached hydrogen (secondary N) is 1. The first-order chi connectivity index (χ1) is 11.6. The third-order valence-corrected chi connectivity index (χ3v) is 4.54. The lowest BCUT2D eigenvalue weighted by atomic mass is 10.2. The first-order valence-corrected chi connectivity index (χ1v) is 8.50. The molecule has 0 bridgehead atoms. The molecule has 1 heterocycles. The van der Waals surface area contributed by atoms with Crippen LogP contribution in [0.5, 0.6) is 0 Å². The average Bonchev–Trinajstić information content (AvgIpc) is 3.24. The van der Waals surface area contributed by atoms with E-state index in [1.54, 1.807) is 29.2 Å². The molecule has 1 aromatic carbocycles. The van der Waals surface area contributed by atoms with Gasteiger partial charge in [0, 0.05) is 24.7 Å². The normalized spacial score (nSPS) is 18.0. The van der Waals surface area contributed by atoms with Gasteiger partial charge >= 0.3 is 5.97 Å². The van der Waals surface area contributed by atoms with Gasteiger partial charge in [-0.15, -0.1) is 0 Å². The van der Waals surface area contributed by atoms with Crippen molar-refractivity contribution in [2.45, 2.75) is 44.6 Å². The first-order valence-electron chi connectivity index (χ1n) is 8.50. The highest BCUT2D eigenvalue weighted by Crippen LogP contribution is 2.22. The SMILES string of the molecule is O=C(COC(=O)c1ccc(N2CCCC2=O)cc1)NC1CCCC1. The summed E-state index contributed by atoms with van der Waals surface area (Å²) in [7, 11) is 0. The molecule has 24 heavy (non-hydrogen) atoms. The van der Waals surface area contributed by atoms with Crippen LogP contribution >= 0.6 is 0 Å². The minimum Gasteiger partial charge on any atom is -0.452 e. The van der Waals surface area contributed by atoms with E-state index in [1.165, 1.54) is 0 Å². The molecule has 0 spiro atoms. The van der Waals surface area contributed by atoms with Crippen LogP contribution in [0.25, 0.3) is 0 Å². The van der Waals surface area contributed by atoms with Gasteiger partial charge < -0.3 is 15.0 Å². The number of hydrogen-bond donors (Lipinski definition) is 1. The Morgan fingerprint density at radius 3 is 2.46 bits per heavy atom. The minimum absolute atomic E-state index is 0.105. The molecule has 0 atom stereocenters. The highest BCUT2D eigenvalue weighted by Gasteiger charge is 2.22. The Morgan fingerprint density at radius 1 is 1.12 bits per heavy atom. The van der Waals surface area contributed by atoms with Gasteiger partial charge in [0.15, 0.2) is 6.61 Å². The summed E-state index contributed by atoms with van der Waals surface area (Å²) in [4.78, 5) is 37.2. The number of ether oxygens (including phenoxy) is 1. The Labute approximate surface area is 141 Å². The molecule has 2 aliphatic rings. The number of benzene rings is 1. The summed E-state index contributed by atoms with van der Waals surface area (Å²) in [6.07, 6.45) is 5.69. The van der Waals surface area contributed by atoms with Crippen molar-refractivity contribution in [2.24, 2.45) is 0 Å². The molecule has 0 aromatic heterocycles. The number of amides is 2. The van der Waals surface area contributed by atoms with Crippen LogP contribution in [-0.2, 0) is 14.3 Å². The second-order valence-electron chi connectivity index (χ2n) is 6.32. The van der Waals surface area contributed by atoms with Crippen LogP contribution < -0.4 is 10.2 Å². The van der Waals surface area contributed by atoms with Crippen LogP contribution in [0.4, 0.5) is 5.69 Å². The molecular formula is C18H22N2O4. The van der Waals surface area contributed by atoms with Crippen molar-refractivity contribution in [1.82, 2.24) is 5.32 Å². The van der Waals surface area contributed by atoms with Gasteiger partial charge in [-0.1, -0.05) is 12.8 Å². The smallest absolute Gasteiger partial charge is 0.338 e. The van der Waals surface area contributed by atoms with Gasteiger partial charge in [-0.05, 0) is 43.5 Å². The average molecular weight is 330 g/mol. The maximum Gasteiger partial charge on any atom is 0.338 e. The molecule has 1 aliphatic carbocycles. The minimum atomic E-state index is -0.532. The van der Waals surface area contributed by atoms with E-state index in [4.69, 9.17) is 4.74 Å². The van der Waals surface area contributed by atoms with Gasteiger partial charge in [-0.3, -0.25) is 9.59 Å². The maximum atomic E-state index is 12.0. The summed E-state index contributed by atoms with van der Waals surface area (Å²) in [5.74, 6) is -0.681. The third-order valence-electron chi connectivity index (χ3n) is 4.54. The molecule has 2 fully saturated rings. The number of esters is 1. The molecule has 6 heteroatoms. The molecule has 1 N–H and O–H groups in total. The van der Waals surface area contributed by atoms with Crippen molar-refractivity contribution in [3.05, 3.63) is 29.8 Å². The number of nitrogens with zero attached hydrogens (tertiary/aromatic N) is 1. The zero-order valence-corrected chi connectivity index (χ0v) is 13.6. The van der Waals surface area contributed by atoms with Crippen molar-refractivity contribution >= 4 is 23.5 Å². The Balaban J connectivity index is 1.49. The van der Waals surface area contributed by atoms with Crippen LogP contribution in [0.1, 0.15) is 48.9 Å². The summed E-state index contributed by atoms with van der Waals surface area (Å²) in [6.45, 7) is 0.450. The van der Waals surface area contributed by atoms with Crippen molar-refractivity contribution < 1.29 is 19.1 Å². The summed E-state index contributed by atoms with van der Waals surface area (Å²) in [5, 5.41) is 2.88. The lowest BCUT2D eigenvalue weighted by Crippen LogP contribution is -2.35. The van der Waals surface area contributed by atoms with E-state index < -0.39 is 5.97 Å². The second kappa shape index (κ2) is 7.47. The molecular weight excluding hydrogens is 308 g/mol. The van der Waals surface area contributed by atoms with Crippen molar-refractivity contribution in [2.75, 3.05) is 18.1 Å². The zero-order valence-electron chi connectivity index (χ0n) is 13.6. The summed E-state index contributed by atoms with van der Waals surface area (Å²) >= 11 is 0. The molecule has 1 aliphatic heterocycles. The van der Waals surface area contributed by atoms with E-state index in [-0.39, 0.29) is 24.5 Å². The fourth-order valence-electron chi connectivity index (χ4n) is 3.25. The van der Waals surface area contributed by atoms with Gasteiger partial charge in [-0.25, -0.2) is 4.79 Å². The van der Waals surface area contributed by atoms with Crippen LogP contribution in [0.15, 0.2) is 24.3 Å².